The van der Waals surface area contributed by atoms with Gasteiger partial charge in [-0.2, -0.15) is 0 Å². The first-order valence-electron chi connectivity index (χ1n) is 11.0. The molecule has 2 saturated heterocycles. The molecule has 2 fully saturated rings. The van der Waals surface area contributed by atoms with Crippen molar-refractivity contribution >= 4 is 11.8 Å². The van der Waals surface area contributed by atoms with Crippen LogP contribution in [0.25, 0.3) is 0 Å². The lowest BCUT2D eigenvalue weighted by atomic mass is 9.72. The molecule has 0 saturated carbocycles. The van der Waals surface area contributed by atoms with Crippen LogP contribution in [0.3, 0.4) is 0 Å². The summed E-state index contributed by atoms with van der Waals surface area (Å²) in [5, 5.41) is 2.69. The van der Waals surface area contributed by atoms with E-state index in [0.717, 1.165) is 17.7 Å². The van der Waals surface area contributed by atoms with Crippen molar-refractivity contribution < 1.29 is 14.3 Å². The van der Waals surface area contributed by atoms with Crippen LogP contribution >= 0.6 is 0 Å². The quantitative estimate of drug-likeness (QED) is 0.825. The van der Waals surface area contributed by atoms with Gasteiger partial charge in [0.15, 0.2) is 0 Å². The molecule has 2 aliphatic rings. The number of piperazine rings is 1. The predicted octanol–water partition coefficient (Wildman–Crippen LogP) is 2.61. The van der Waals surface area contributed by atoms with Crippen LogP contribution in [0, 0.1) is 0 Å². The zero-order chi connectivity index (χ0) is 21.8. The van der Waals surface area contributed by atoms with Crippen LogP contribution in [-0.4, -0.2) is 68.6 Å². The number of nitrogens with one attached hydrogen (secondary N) is 1. The van der Waals surface area contributed by atoms with Gasteiger partial charge in [0.25, 0.3) is 5.91 Å². The van der Waals surface area contributed by atoms with Gasteiger partial charge in [0, 0.05) is 45.5 Å². The van der Waals surface area contributed by atoms with Crippen LogP contribution in [-0.2, 0) is 14.9 Å². The molecule has 6 nitrogen and oxygen atoms in total. The minimum Gasteiger partial charge on any atom is -0.381 e. The van der Waals surface area contributed by atoms with E-state index in [1.54, 1.807) is 7.05 Å². The summed E-state index contributed by atoms with van der Waals surface area (Å²) in [6.07, 6.45) is 1.41. The maximum absolute atomic E-state index is 14.0. The van der Waals surface area contributed by atoms with Gasteiger partial charge >= 0.3 is 0 Å². The molecule has 2 amide bonds. The highest BCUT2D eigenvalue weighted by molar-refractivity contribution is 5.94. The Morgan fingerprint density at radius 3 is 2.48 bits per heavy atom. The van der Waals surface area contributed by atoms with Crippen LogP contribution in [0.15, 0.2) is 54.6 Å². The Morgan fingerprint density at radius 1 is 1.03 bits per heavy atom. The third kappa shape index (κ3) is 4.23. The first-order valence-corrected chi connectivity index (χ1v) is 11.0. The van der Waals surface area contributed by atoms with Crippen LogP contribution in [0.1, 0.15) is 40.4 Å². The third-order valence-corrected chi connectivity index (χ3v) is 6.78. The maximum Gasteiger partial charge on any atom is 0.251 e. The van der Waals surface area contributed by atoms with Gasteiger partial charge in [-0.05, 0) is 43.1 Å². The number of rotatable bonds is 4. The van der Waals surface area contributed by atoms with Crippen molar-refractivity contribution in [2.24, 2.45) is 0 Å². The zero-order valence-electron chi connectivity index (χ0n) is 18.3. The van der Waals surface area contributed by atoms with Gasteiger partial charge in [-0.25, -0.2) is 0 Å². The lowest BCUT2D eigenvalue weighted by molar-refractivity contribution is -0.144. The van der Waals surface area contributed by atoms with Crippen molar-refractivity contribution in [3.8, 4) is 0 Å². The summed E-state index contributed by atoms with van der Waals surface area (Å²) in [6.45, 7) is 3.32. The van der Waals surface area contributed by atoms with E-state index in [1.807, 2.05) is 47.4 Å². The fourth-order valence-corrected chi connectivity index (χ4v) is 4.86. The molecule has 2 aromatic carbocycles. The topological polar surface area (TPSA) is 61.9 Å². The Labute approximate surface area is 184 Å². The summed E-state index contributed by atoms with van der Waals surface area (Å²) in [5.41, 5.74) is 2.26. The number of carbonyl (C=O) groups is 2. The standard InChI is InChI=1S/C25H31N3O3/c1-26-23(29)20-8-6-7-19(17-20)22-18-28(14-13-27(22)2)24(30)25(11-15-31-16-12-25)21-9-4-3-5-10-21/h3-10,17,22H,11-16,18H2,1-2H3,(H,26,29). The number of carbonyl (C=O) groups excluding carboxylic acids is 2. The van der Waals surface area contributed by atoms with Crippen LogP contribution in [0.5, 0.6) is 0 Å². The smallest absolute Gasteiger partial charge is 0.251 e. The predicted molar refractivity (Wildman–Crippen MR) is 120 cm³/mol. The molecule has 2 aromatic rings. The largest absolute Gasteiger partial charge is 0.381 e. The highest BCUT2D eigenvalue weighted by atomic mass is 16.5. The molecule has 6 heteroatoms. The molecule has 4 rings (SSSR count). The summed E-state index contributed by atoms with van der Waals surface area (Å²) in [5.74, 6) is 0.0982. The van der Waals surface area contributed by atoms with E-state index in [2.05, 4.69) is 29.4 Å². The van der Waals surface area contributed by atoms with E-state index in [9.17, 15) is 9.59 Å². The van der Waals surface area contributed by atoms with E-state index < -0.39 is 5.41 Å². The van der Waals surface area contributed by atoms with Crippen LogP contribution in [0.2, 0.25) is 0 Å². The lowest BCUT2D eigenvalue weighted by Gasteiger charge is -2.45. The molecular weight excluding hydrogens is 390 g/mol. The Hall–Kier alpha value is -2.70. The highest BCUT2D eigenvalue weighted by Gasteiger charge is 2.45. The summed E-state index contributed by atoms with van der Waals surface area (Å²) >= 11 is 0. The summed E-state index contributed by atoms with van der Waals surface area (Å²) in [4.78, 5) is 30.4. The van der Waals surface area contributed by atoms with E-state index in [1.165, 1.54) is 0 Å². The monoisotopic (exact) mass is 421 g/mol. The van der Waals surface area contributed by atoms with Crippen molar-refractivity contribution in [3.63, 3.8) is 0 Å². The van der Waals surface area contributed by atoms with E-state index in [0.29, 0.717) is 44.7 Å². The van der Waals surface area contributed by atoms with Gasteiger partial charge in [-0.3, -0.25) is 14.5 Å². The SMILES string of the molecule is CNC(=O)c1cccc(C2CN(C(=O)C3(c4ccccc4)CCOCC3)CCN2C)c1. The molecule has 0 spiro atoms. The Balaban J connectivity index is 1.61. The minimum absolute atomic E-state index is 0.0509. The molecule has 0 bridgehead atoms. The number of likely N-dealkylation sites (N-methyl/N-ethyl adjacent to an activating group) is 1. The number of amides is 2. The second-order valence-electron chi connectivity index (χ2n) is 8.51. The number of hydrogen-bond acceptors (Lipinski definition) is 4. The summed E-state index contributed by atoms with van der Waals surface area (Å²) in [7, 11) is 3.72. The van der Waals surface area contributed by atoms with E-state index in [4.69, 9.17) is 4.74 Å². The molecule has 1 atom stereocenters. The average molecular weight is 422 g/mol. The fraction of sp³-hybridized carbons (Fsp3) is 0.440. The molecule has 1 N–H and O–H groups in total. The third-order valence-electron chi connectivity index (χ3n) is 6.78. The molecule has 0 aliphatic carbocycles. The van der Waals surface area contributed by atoms with Crippen molar-refractivity contribution in [1.82, 2.24) is 15.1 Å². The minimum atomic E-state index is -0.524. The van der Waals surface area contributed by atoms with Crippen molar-refractivity contribution in [2.75, 3.05) is 46.9 Å². The first kappa shape index (κ1) is 21.5. The molecule has 1 unspecified atom stereocenters. The van der Waals surface area contributed by atoms with Crippen molar-refractivity contribution in [3.05, 3.63) is 71.3 Å². The molecule has 2 aliphatic heterocycles. The van der Waals surface area contributed by atoms with Gasteiger partial charge in [0.1, 0.15) is 0 Å². The maximum atomic E-state index is 14.0. The van der Waals surface area contributed by atoms with Crippen LogP contribution < -0.4 is 5.32 Å². The summed E-state index contributed by atoms with van der Waals surface area (Å²) in [6, 6.07) is 17.9. The van der Waals surface area contributed by atoms with Crippen molar-refractivity contribution in [1.29, 1.82) is 0 Å². The average Bonchev–Trinajstić information content (AvgIpc) is 2.84. The van der Waals surface area contributed by atoms with E-state index in [-0.39, 0.29) is 17.9 Å². The lowest BCUT2D eigenvalue weighted by Crippen LogP contribution is -2.56. The molecular formula is C25H31N3O3. The number of nitrogens with zero attached hydrogens (tertiary/aromatic N) is 2. The molecule has 0 aromatic heterocycles. The van der Waals surface area contributed by atoms with Gasteiger partial charge in [-0.1, -0.05) is 42.5 Å². The number of benzene rings is 2. The normalized spacial score (nSPS) is 21.5. The Kier molecular flexibility index (Phi) is 6.39. The van der Waals surface area contributed by atoms with Crippen molar-refractivity contribution in [2.45, 2.75) is 24.3 Å². The number of hydrogen-bond donors (Lipinski definition) is 1. The molecule has 2 heterocycles. The highest BCUT2D eigenvalue weighted by Crippen LogP contribution is 2.38. The van der Waals surface area contributed by atoms with Gasteiger partial charge < -0.3 is 15.0 Å². The van der Waals surface area contributed by atoms with E-state index >= 15 is 0 Å². The Bertz CT molecular complexity index is 925. The second-order valence-corrected chi connectivity index (χ2v) is 8.51. The molecule has 0 radical (unpaired) electrons. The van der Waals surface area contributed by atoms with Crippen LogP contribution in [0.4, 0.5) is 0 Å². The molecule has 31 heavy (non-hydrogen) atoms. The molecule has 164 valence electrons. The Morgan fingerprint density at radius 2 is 1.77 bits per heavy atom. The fourth-order valence-electron chi connectivity index (χ4n) is 4.86. The van der Waals surface area contributed by atoms with Gasteiger partial charge in [-0.15, -0.1) is 0 Å². The van der Waals surface area contributed by atoms with Gasteiger partial charge in [0.05, 0.1) is 11.5 Å². The second kappa shape index (κ2) is 9.20. The van der Waals surface area contributed by atoms with Gasteiger partial charge in [0.2, 0.25) is 5.91 Å². The number of ether oxygens (including phenoxy) is 1. The summed E-state index contributed by atoms with van der Waals surface area (Å²) < 4.78 is 5.62. The first-order chi connectivity index (χ1) is 15.0. The zero-order valence-corrected chi connectivity index (χ0v) is 18.3.